The summed E-state index contributed by atoms with van der Waals surface area (Å²) in [6, 6.07) is 16.0. The van der Waals surface area contributed by atoms with Crippen molar-refractivity contribution >= 4 is 33.5 Å². The van der Waals surface area contributed by atoms with Crippen LogP contribution in [0.25, 0.3) is 0 Å². The van der Waals surface area contributed by atoms with Gasteiger partial charge in [0.15, 0.2) is 6.04 Å². The number of anilines is 1. The lowest BCUT2D eigenvalue weighted by atomic mass is 10.1. The van der Waals surface area contributed by atoms with Gasteiger partial charge in [0.1, 0.15) is 6.54 Å². The van der Waals surface area contributed by atoms with Gasteiger partial charge in [0.05, 0.1) is 5.69 Å². The first-order valence-corrected chi connectivity index (χ1v) is 7.98. The minimum atomic E-state index is -1.25. The fraction of sp³-hybridized carbons (Fsp3) is 0.176. The third kappa shape index (κ3) is 5.50. The molecule has 0 aliphatic heterocycles. The van der Waals surface area contributed by atoms with Crippen molar-refractivity contribution in [3.63, 3.8) is 0 Å². The first-order valence-electron chi connectivity index (χ1n) is 7.19. The third-order valence-electron chi connectivity index (χ3n) is 3.34. The van der Waals surface area contributed by atoms with Crippen LogP contribution in [0, 0.1) is 0 Å². The van der Waals surface area contributed by atoms with E-state index in [0.717, 1.165) is 10.0 Å². The first kappa shape index (κ1) is 17.2. The molecule has 0 spiro atoms. The Hall–Kier alpha value is -2.18. The number of carbonyl (C=O) groups excluding carboxylic acids is 2. The van der Waals surface area contributed by atoms with E-state index in [-0.39, 0.29) is 12.3 Å². The lowest BCUT2D eigenvalue weighted by Gasteiger charge is -2.16. The molecule has 2 aromatic carbocycles. The zero-order valence-electron chi connectivity index (χ0n) is 12.4. The molecule has 0 aromatic heterocycles. The number of nitrogens with two attached hydrogens (primary N) is 1. The predicted octanol–water partition coefficient (Wildman–Crippen LogP) is 0.660. The van der Waals surface area contributed by atoms with Gasteiger partial charge in [0.25, 0.3) is 5.91 Å². The number of para-hydroxylation sites is 1. The molecular weight excluding hydrogens is 360 g/mol. The third-order valence-corrected chi connectivity index (χ3v) is 4.03. The van der Waals surface area contributed by atoms with Crippen LogP contribution in [-0.2, 0) is 16.1 Å². The number of carboxylic acid groups (broad SMARTS) is 1. The Balaban J connectivity index is 2.03. The van der Waals surface area contributed by atoms with E-state index in [2.05, 4.69) is 21.2 Å². The molecule has 5 nitrogen and oxygen atoms in total. The average Bonchev–Trinajstić information content (AvgIpc) is 2.54. The lowest BCUT2D eigenvalue weighted by Crippen LogP contribution is -2.91. The van der Waals surface area contributed by atoms with Gasteiger partial charge in [-0.25, -0.2) is 0 Å². The minimum Gasteiger partial charge on any atom is -0.550 e. The van der Waals surface area contributed by atoms with Gasteiger partial charge in [-0.2, -0.15) is 0 Å². The molecule has 1 unspecified atom stereocenters. The highest BCUT2D eigenvalue weighted by molar-refractivity contribution is 9.10. The molecule has 120 valence electrons. The van der Waals surface area contributed by atoms with Crippen molar-refractivity contribution in [2.45, 2.75) is 19.0 Å². The Morgan fingerprint density at radius 3 is 2.39 bits per heavy atom. The van der Waals surface area contributed by atoms with Gasteiger partial charge in [0.2, 0.25) is 0 Å². The Bertz CT molecular complexity index is 677. The van der Waals surface area contributed by atoms with Crippen LogP contribution in [-0.4, -0.2) is 17.9 Å². The predicted molar refractivity (Wildman–Crippen MR) is 88.3 cm³/mol. The van der Waals surface area contributed by atoms with Crippen molar-refractivity contribution < 1.29 is 20.0 Å². The molecule has 23 heavy (non-hydrogen) atoms. The number of hydrogen-bond acceptors (Lipinski definition) is 3. The molecule has 0 aliphatic rings. The second kappa shape index (κ2) is 8.45. The van der Waals surface area contributed by atoms with Crippen LogP contribution in [0.3, 0.4) is 0 Å². The van der Waals surface area contributed by atoms with Gasteiger partial charge in [0, 0.05) is 22.4 Å². The van der Waals surface area contributed by atoms with Crippen LogP contribution in [0.5, 0.6) is 0 Å². The molecule has 1 atom stereocenters. The van der Waals surface area contributed by atoms with Crippen molar-refractivity contribution in [2.75, 3.05) is 5.32 Å². The Kier molecular flexibility index (Phi) is 6.31. The van der Waals surface area contributed by atoms with Gasteiger partial charge >= 0.3 is 0 Å². The number of halogens is 1. The fourth-order valence-electron chi connectivity index (χ4n) is 2.14. The summed E-state index contributed by atoms with van der Waals surface area (Å²) in [5, 5.41) is 15.4. The van der Waals surface area contributed by atoms with Crippen LogP contribution in [0.4, 0.5) is 5.69 Å². The smallest absolute Gasteiger partial charge is 0.283 e. The molecule has 2 aromatic rings. The molecular formula is C17H17BrN2O3. The highest BCUT2D eigenvalue weighted by Gasteiger charge is 2.22. The second-order valence-electron chi connectivity index (χ2n) is 5.08. The quantitative estimate of drug-likeness (QED) is 0.744. The Morgan fingerprint density at radius 1 is 1.09 bits per heavy atom. The zero-order valence-corrected chi connectivity index (χ0v) is 14.0. The number of aliphatic carboxylic acids is 1. The molecule has 0 saturated heterocycles. The SMILES string of the molecule is O=C([O-])CC([NH2+]Cc1ccccc1)C(=O)Nc1ccccc1Br. The minimum absolute atomic E-state index is 0.344. The molecule has 0 fully saturated rings. The van der Waals surface area contributed by atoms with Crippen LogP contribution in [0.2, 0.25) is 0 Å². The molecule has 3 N–H and O–H groups in total. The Morgan fingerprint density at radius 2 is 1.74 bits per heavy atom. The van der Waals surface area contributed by atoms with Gasteiger partial charge in [-0.15, -0.1) is 0 Å². The summed E-state index contributed by atoms with van der Waals surface area (Å²) in [5.74, 6) is -1.61. The van der Waals surface area contributed by atoms with E-state index < -0.39 is 12.0 Å². The van der Waals surface area contributed by atoms with Gasteiger partial charge in [-0.05, 0) is 28.1 Å². The monoisotopic (exact) mass is 376 g/mol. The molecule has 6 heteroatoms. The highest BCUT2D eigenvalue weighted by atomic mass is 79.9. The highest BCUT2D eigenvalue weighted by Crippen LogP contribution is 2.21. The number of amides is 1. The molecule has 0 aliphatic carbocycles. The van der Waals surface area contributed by atoms with E-state index in [0.29, 0.717) is 12.2 Å². The number of carboxylic acids is 1. The van der Waals surface area contributed by atoms with E-state index in [1.807, 2.05) is 36.4 Å². The summed E-state index contributed by atoms with van der Waals surface area (Å²) >= 11 is 3.35. The maximum Gasteiger partial charge on any atom is 0.283 e. The largest absolute Gasteiger partial charge is 0.550 e. The molecule has 0 heterocycles. The number of quaternary nitrogens is 1. The van der Waals surface area contributed by atoms with E-state index in [4.69, 9.17) is 0 Å². The standard InChI is InChI=1S/C17H17BrN2O3/c18-13-8-4-5-9-14(13)20-17(23)15(10-16(21)22)19-11-12-6-2-1-3-7-12/h1-9,15,19H,10-11H2,(H,20,23)(H,21,22). The summed E-state index contributed by atoms with van der Waals surface area (Å²) in [7, 11) is 0. The summed E-state index contributed by atoms with van der Waals surface area (Å²) in [6.45, 7) is 0.516. The van der Waals surface area contributed by atoms with Crippen molar-refractivity contribution in [3.8, 4) is 0 Å². The van der Waals surface area contributed by atoms with Crippen LogP contribution in [0.15, 0.2) is 59.1 Å². The van der Waals surface area contributed by atoms with Crippen LogP contribution in [0.1, 0.15) is 12.0 Å². The molecule has 0 bridgehead atoms. The Labute approximate surface area is 142 Å². The van der Waals surface area contributed by atoms with Crippen LogP contribution < -0.4 is 15.7 Å². The van der Waals surface area contributed by atoms with E-state index in [1.165, 1.54) is 0 Å². The second-order valence-corrected chi connectivity index (χ2v) is 5.93. The summed E-state index contributed by atoms with van der Waals surface area (Å²) in [4.78, 5) is 23.3. The normalized spacial score (nSPS) is 11.7. The first-order chi connectivity index (χ1) is 11.1. The number of rotatable bonds is 7. The van der Waals surface area contributed by atoms with Crippen molar-refractivity contribution in [1.82, 2.24) is 0 Å². The fourth-order valence-corrected chi connectivity index (χ4v) is 2.53. The van der Waals surface area contributed by atoms with Crippen molar-refractivity contribution in [2.24, 2.45) is 0 Å². The number of carbonyl (C=O) groups is 2. The molecule has 0 radical (unpaired) electrons. The number of hydrogen-bond donors (Lipinski definition) is 2. The number of benzene rings is 2. The van der Waals surface area contributed by atoms with E-state index in [9.17, 15) is 14.7 Å². The van der Waals surface area contributed by atoms with Crippen molar-refractivity contribution in [3.05, 3.63) is 64.6 Å². The summed E-state index contributed by atoms with van der Waals surface area (Å²) in [5.41, 5.74) is 1.62. The summed E-state index contributed by atoms with van der Waals surface area (Å²) in [6.07, 6.45) is -0.344. The number of nitrogens with one attached hydrogen (secondary N) is 1. The topological polar surface area (TPSA) is 85.8 Å². The molecule has 1 amide bonds. The lowest BCUT2D eigenvalue weighted by molar-refractivity contribution is -0.691. The van der Waals surface area contributed by atoms with Crippen molar-refractivity contribution in [1.29, 1.82) is 0 Å². The maximum absolute atomic E-state index is 12.4. The zero-order chi connectivity index (χ0) is 16.7. The van der Waals surface area contributed by atoms with E-state index >= 15 is 0 Å². The average molecular weight is 377 g/mol. The van der Waals surface area contributed by atoms with Gasteiger partial charge < -0.3 is 20.5 Å². The van der Waals surface area contributed by atoms with E-state index in [1.54, 1.807) is 23.5 Å². The molecule has 2 rings (SSSR count). The maximum atomic E-state index is 12.4. The molecule has 0 saturated carbocycles. The summed E-state index contributed by atoms with van der Waals surface area (Å²) < 4.78 is 0.739. The van der Waals surface area contributed by atoms with Crippen LogP contribution >= 0.6 is 15.9 Å². The van der Waals surface area contributed by atoms with Gasteiger partial charge in [-0.1, -0.05) is 42.5 Å². The van der Waals surface area contributed by atoms with Gasteiger partial charge in [-0.3, -0.25) is 4.79 Å².